The SMILES string of the molecule is CN(C)C(=O)COc1cccc(C(=O)NNC(=O)c2ccccc2F)c1. The standard InChI is InChI=1S/C18H18FN3O4/c1-22(2)16(23)11-26-13-7-5-6-12(10-13)17(24)20-21-18(25)14-8-3-4-9-15(14)19/h3-10H,11H2,1-2H3,(H,20,24)(H,21,25). The Labute approximate surface area is 149 Å². The largest absolute Gasteiger partial charge is 0.484 e. The zero-order valence-electron chi connectivity index (χ0n) is 14.3. The third-order valence-electron chi connectivity index (χ3n) is 3.37. The van der Waals surface area contributed by atoms with Gasteiger partial charge in [-0.25, -0.2) is 4.39 Å². The van der Waals surface area contributed by atoms with Crippen LogP contribution in [0.5, 0.6) is 5.75 Å². The molecule has 0 radical (unpaired) electrons. The van der Waals surface area contributed by atoms with E-state index in [9.17, 15) is 18.8 Å². The van der Waals surface area contributed by atoms with Gasteiger partial charge in [0.2, 0.25) is 0 Å². The molecule has 0 aliphatic carbocycles. The first-order valence-corrected chi connectivity index (χ1v) is 7.66. The van der Waals surface area contributed by atoms with Crippen molar-refractivity contribution in [1.82, 2.24) is 15.8 Å². The highest BCUT2D eigenvalue weighted by Gasteiger charge is 2.13. The van der Waals surface area contributed by atoms with Gasteiger partial charge in [-0.15, -0.1) is 0 Å². The van der Waals surface area contributed by atoms with Crippen molar-refractivity contribution in [3.05, 3.63) is 65.5 Å². The van der Waals surface area contributed by atoms with Gasteiger partial charge in [0.25, 0.3) is 17.7 Å². The highest BCUT2D eigenvalue weighted by Crippen LogP contribution is 2.13. The van der Waals surface area contributed by atoms with E-state index in [0.29, 0.717) is 5.75 Å². The Morgan fingerprint density at radius 1 is 1.00 bits per heavy atom. The Kier molecular flexibility index (Phi) is 6.26. The number of hydrogen-bond acceptors (Lipinski definition) is 4. The average molecular weight is 359 g/mol. The fourth-order valence-corrected chi connectivity index (χ4v) is 1.90. The van der Waals surface area contributed by atoms with Crippen molar-refractivity contribution in [1.29, 1.82) is 0 Å². The first-order chi connectivity index (χ1) is 12.4. The van der Waals surface area contributed by atoms with E-state index in [0.717, 1.165) is 6.07 Å². The van der Waals surface area contributed by atoms with Crippen molar-refractivity contribution in [2.75, 3.05) is 20.7 Å². The molecule has 0 aromatic heterocycles. The van der Waals surface area contributed by atoms with Gasteiger partial charge >= 0.3 is 0 Å². The molecule has 0 heterocycles. The van der Waals surface area contributed by atoms with Gasteiger partial charge in [-0.2, -0.15) is 0 Å². The maximum absolute atomic E-state index is 13.5. The van der Waals surface area contributed by atoms with Crippen molar-refractivity contribution in [2.45, 2.75) is 0 Å². The number of benzene rings is 2. The zero-order valence-corrected chi connectivity index (χ0v) is 14.3. The summed E-state index contributed by atoms with van der Waals surface area (Å²) >= 11 is 0. The van der Waals surface area contributed by atoms with Gasteiger partial charge in [-0.3, -0.25) is 25.2 Å². The lowest BCUT2D eigenvalue weighted by Gasteiger charge is -2.12. The van der Waals surface area contributed by atoms with E-state index < -0.39 is 17.6 Å². The first kappa shape index (κ1) is 18.9. The lowest BCUT2D eigenvalue weighted by molar-refractivity contribution is -0.130. The van der Waals surface area contributed by atoms with Crippen LogP contribution in [0.3, 0.4) is 0 Å². The van der Waals surface area contributed by atoms with Crippen LogP contribution >= 0.6 is 0 Å². The number of hydrogen-bond donors (Lipinski definition) is 2. The minimum absolute atomic E-state index is 0.165. The van der Waals surface area contributed by atoms with Gasteiger partial charge in [-0.1, -0.05) is 18.2 Å². The molecule has 0 unspecified atom stereocenters. The minimum Gasteiger partial charge on any atom is -0.484 e. The Balaban J connectivity index is 1.95. The van der Waals surface area contributed by atoms with Crippen molar-refractivity contribution >= 4 is 17.7 Å². The Bertz CT molecular complexity index is 824. The molecule has 2 aromatic carbocycles. The van der Waals surface area contributed by atoms with Gasteiger partial charge in [0.15, 0.2) is 6.61 Å². The molecule has 0 aliphatic heterocycles. The second-order valence-corrected chi connectivity index (χ2v) is 5.49. The molecule has 2 rings (SSSR count). The predicted octanol–water partition coefficient (Wildman–Crippen LogP) is 1.37. The monoisotopic (exact) mass is 359 g/mol. The van der Waals surface area contributed by atoms with E-state index in [2.05, 4.69) is 10.9 Å². The summed E-state index contributed by atoms with van der Waals surface area (Å²) in [5, 5.41) is 0. The first-order valence-electron chi connectivity index (χ1n) is 7.66. The minimum atomic E-state index is -0.777. The fourth-order valence-electron chi connectivity index (χ4n) is 1.90. The van der Waals surface area contributed by atoms with Gasteiger partial charge < -0.3 is 9.64 Å². The summed E-state index contributed by atoms with van der Waals surface area (Å²) < 4.78 is 18.8. The van der Waals surface area contributed by atoms with Gasteiger partial charge in [0.1, 0.15) is 11.6 Å². The quantitative estimate of drug-likeness (QED) is 0.790. The van der Waals surface area contributed by atoms with Crippen LogP contribution < -0.4 is 15.6 Å². The number of rotatable bonds is 5. The van der Waals surface area contributed by atoms with Gasteiger partial charge in [0.05, 0.1) is 5.56 Å². The summed E-state index contributed by atoms with van der Waals surface area (Å²) in [6.45, 7) is -0.165. The maximum atomic E-state index is 13.5. The van der Waals surface area contributed by atoms with Crippen molar-refractivity contribution in [3.8, 4) is 5.75 Å². The number of likely N-dealkylation sites (N-methyl/N-ethyl adjacent to an activating group) is 1. The molecule has 2 N–H and O–H groups in total. The van der Waals surface area contributed by atoms with E-state index in [1.165, 1.54) is 35.2 Å². The number of halogens is 1. The lowest BCUT2D eigenvalue weighted by Crippen LogP contribution is -2.41. The summed E-state index contributed by atoms with van der Waals surface area (Å²) in [5.74, 6) is -1.98. The summed E-state index contributed by atoms with van der Waals surface area (Å²) in [6, 6.07) is 11.5. The number of amides is 3. The highest BCUT2D eigenvalue weighted by atomic mass is 19.1. The number of ether oxygens (including phenoxy) is 1. The summed E-state index contributed by atoms with van der Waals surface area (Å²) in [7, 11) is 3.21. The summed E-state index contributed by atoms with van der Waals surface area (Å²) in [5.41, 5.74) is 4.36. The molecule has 136 valence electrons. The molecule has 26 heavy (non-hydrogen) atoms. The molecule has 0 atom stereocenters. The molecule has 3 amide bonds. The second kappa shape index (κ2) is 8.61. The molecule has 7 nitrogen and oxygen atoms in total. The third-order valence-corrected chi connectivity index (χ3v) is 3.37. The number of carbonyl (C=O) groups excluding carboxylic acids is 3. The Hall–Kier alpha value is -3.42. The average Bonchev–Trinajstić information content (AvgIpc) is 2.64. The molecule has 2 aromatic rings. The Morgan fingerprint density at radius 2 is 1.69 bits per heavy atom. The van der Waals surface area contributed by atoms with Crippen molar-refractivity contribution in [3.63, 3.8) is 0 Å². The van der Waals surface area contributed by atoms with Gasteiger partial charge in [0, 0.05) is 19.7 Å². The highest BCUT2D eigenvalue weighted by molar-refractivity contribution is 5.99. The van der Waals surface area contributed by atoms with Crippen LogP contribution in [-0.4, -0.2) is 43.3 Å². The van der Waals surface area contributed by atoms with Crippen LogP contribution in [0.1, 0.15) is 20.7 Å². The predicted molar refractivity (Wildman–Crippen MR) is 92.0 cm³/mol. The lowest BCUT2D eigenvalue weighted by atomic mass is 10.2. The van der Waals surface area contributed by atoms with Crippen LogP contribution in [-0.2, 0) is 4.79 Å². The molecule has 0 bridgehead atoms. The second-order valence-electron chi connectivity index (χ2n) is 5.49. The molecule has 0 spiro atoms. The smallest absolute Gasteiger partial charge is 0.272 e. The number of carbonyl (C=O) groups is 3. The van der Waals surface area contributed by atoms with Crippen LogP contribution in [0, 0.1) is 5.82 Å². The topological polar surface area (TPSA) is 87.7 Å². The third kappa shape index (κ3) is 5.04. The number of nitrogens with one attached hydrogen (secondary N) is 2. The molecule has 0 saturated heterocycles. The maximum Gasteiger partial charge on any atom is 0.272 e. The van der Waals surface area contributed by atoms with Crippen molar-refractivity contribution < 1.29 is 23.5 Å². The molecule has 0 saturated carbocycles. The van der Waals surface area contributed by atoms with Crippen molar-refractivity contribution in [2.24, 2.45) is 0 Å². The zero-order chi connectivity index (χ0) is 19.1. The van der Waals surface area contributed by atoms with E-state index in [-0.39, 0.29) is 23.6 Å². The summed E-state index contributed by atoms with van der Waals surface area (Å²) in [4.78, 5) is 36.9. The van der Waals surface area contributed by atoms with Gasteiger partial charge in [-0.05, 0) is 30.3 Å². The molecular formula is C18H18FN3O4. The van der Waals surface area contributed by atoms with Crippen LogP contribution in [0.2, 0.25) is 0 Å². The molecule has 0 fully saturated rings. The van der Waals surface area contributed by atoms with Crippen LogP contribution in [0.15, 0.2) is 48.5 Å². The summed E-state index contributed by atoms with van der Waals surface area (Å²) in [6.07, 6.45) is 0. The normalized spacial score (nSPS) is 9.96. The van der Waals surface area contributed by atoms with Crippen LogP contribution in [0.4, 0.5) is 4.39 Å². The molecule has 8 heteroatoms. The van der Waals surface area contributed by atoms with Crippen LogP contribution in [0.25, 0.3) is 0 Å². The number of nitrogens with zero attached hydrogens (tertiary/aromatic N) is 1. The van der Waals surface area contributed by atoms with E-state index >= 15 is 0 Å². The van der Waals surface area contributed by atoms with E-state index in [1.54, 1.807) is 26.2 Å². The molecule has 0 aliphatic rings. The Morgan fingerprint density at radius 3 is 2.38 bits per heavy atom. The van der Waals surface area contributed by atoms with E-state index in [4.69, 9.17) is 4.74 Å². The fraction of sp³-hybridized carbons (Fsp3) is 0.167. The molecular weight excluding hydrogens is 341 g/mol. The van der Waals surface area contributed by atoms with E-state index in [1.807, 2.05) is 0 Å². The number of hydrazine groups is 1.